The zero-order chi connectivity index (χ0) is 21.0. The quantitative estimate of drug-likeness (QED) is 0.739. The van der Waals surface area contributed by atoms with Gasteiger partial charge in [-0.3, -0.25) is 4.79 Å². The standard InChI is InChI=1S/C21H21F3N2O3/c1-29-18-7-3-2-6-17(18)19(27)14-5-4-12-26(13-14)20(28)25-16-10-8-15(9-11-16)21(22,23)24/h2-3,6-11,14H,4-5,12-13H2,1H3,(H,25,28). The molecule has 0 spiro atoms. The van der Waals surface area contributed by atoms with E-state index < -0.39 is 17.8 Å². The Labute approximate surface area is 166 Å². The number of halogens is 3. The Hall–Kier alpha value is -3.03. The highest BCUT2D eigenvalue weighted by Crippen LogP contribution is 2.30. The highest BCUT2D eigenvalue weighted by Gasteiger charge is 2.31. The maximum absolute atomic E-state index is 12.9. The number of amides is 2. The van der Waals surface area contributed by atoms with Crippen LogP contribution >= 0.6 is 0 Å². The Kier molecular flexibility index (Phi) is 6.10. The lowest BCUT2D eigenvalue weighted by Crippen LogP contribution is -2.44. The second-order valence-electron chi connectivity index (χ2n) is 6.85. The summed E-state index contributed by atoms with van der Waals surface area (Å²) >= 11 is 0. The van der Waals surface area contributed by atoms with Crippen molar-refractivity contribution in [1.29, 1.82) is 0 Å². The number of hydrogen-bond donors (Lipinski definition) is 1. The molecule has 1 aliphatic rings. The lowest BCUT2D eigenvalue weighted by atomic mass is 9.89. The van der Waals surface area contributed by atoms with E-state index in [2.05, 4.69) is 5.32 Å². The molecule has 1 heterocycles. The number of para-hydroxylation sites is 1. The fourth-order valence-electron chi connectivity index (χ4n) is 3.39. The van der Waals surface area contributed by atoms with E-state index in [0.717, 1.165) is 12.1 Å². The summed E-state index contributed by atoms with van der Waals surface area (Å²) in [6, 6.07) is 10.8. The summed E-state index contributed by atoms with van der Waals surface area (Å²) < 4.78 is 43.2. The van der Waals surface area contributed by atoms with Gasteiger partial charge in [0, 0.05) is 24.7 Å². The van der Waals surface area contributed by atoms with Gasteiger partial charge in [-0.2, -0.15) is 13.2 Å². The number of rotatable bonds is 4. The van der Waals surface area contributed by atoms with Crippen molar-refractivity contribution in [3.05, 3.63) is 59.7 Å². The fourth-order valence-corrected chi connectivity index (χ4v) is 3.39. The van der Waals surface area contributed by atoms with Crippen LogP contribution in [0.15, 0.2) is 48.5 Å². The van der Waals surface area contributed by atoms with Gasteiger partial charge in [0.25, 0.3) is 0 Å². The maximum atomic E-state index is 12.9. The van der Waals surface area contributed by atoms with Crippen molar-refractivity contribution in [2.75, 3.05) is 25.5 Å². The molecule has 1 atom stereocenters. The Bertz CT molecular complexity index is 881. The molecule has 0 aliphatic carbocycles. The van der Waals surface area contributed by atoms with E-state index in [1.54, 1.807) is 24.3 Å². The third-order valence-corrected chi connectivity index (χ3v) is 4.92. The molecular formula is C21H21F3N2O3. The van der Waals surface area contributed by atoms with Crippen molar-refractivity contribution in [1.82, 2.24) is 4.90 Å². The zero-order valence-electron chi connectivity index (χ0n) is 15.8. The molecule has 2 aromatic carbocycles. The van der Waals surface area contributed by atoms with Gasteiger partial charge < -0.3 is 15.0 Å². The van der Waals surface area contributed by atoms with E-state index in [1.165, 1.54) is 24.1 Å². The number of piperidine rings is 1. The SMILES string of the molecule is COc1ccccc1C(=O)C1CCCN(C(=O)Nc2ccc(C(F)(F)F)cc2)C1. The molecule has 0 saturated carbocycles. The first-order valence-electron chi connectivity index (χ1n) is 9.20. The van der Waals surface area contributed by atoms with Crippen molar-refractivity contribution < 1.29 is 27.5 Å². The molecular weight excluding hydrogens is 385 g/mol. The number of likely N-dealkylation sites (tertiary alicyclic amines) is 1. The normalized spacial score (nSPS) is 17.0. The number of carbonyl (C=O) groups is 2. The molecule has 2 aromatic rings. The van der Waals surface area contributed by atoms with E-state index in [0.29, 0.717) is 30.7 Å². The van der Waals surface area contributed by atoms with Crippen LogP contribution in [0.4, 0.5) is 23.7 Å². The molecule has 0 aromatic heterocycles. The topological polar surface area (TPSA) is 58.6 Å². The molecule has 154 valence electrons. The number of nitrogens with one attached hydrogen (secondary N) is 1. The number of urea groups is 1. The van der Waals surface area contributed by atoms with E-state index in [-0.39, 0.29) is 23.9 Å². The summed E-state index contributed by atoms with van der Waals surface area (Å²) in [6.07, 6.45) is -3.12. The minimum absolute atomic E-state index is 0.0884. The number of methoxy groups -OCH3 is 1. The van der Waals surface area contributed by atoms with Crippen LogP contribution in [0.3, 0.4) is 0 Å². The molecule has 1 N–H and O–H groups in total. The summed E-state index contributed by atoms with van der Waals surface area (Å²) in [5, 5.41) is 2.60. The number of nitrogens with zero attached hydrogens (tertiary/aromatic N) is 1. The van der Waals surface area contributed by atoms with Gasteiger partial charge in [0.15, 0.2) is 5.78 Å². The molecule has 3 rings (SSSR count). The summed E-state index contributed by atoms with van der Waals surface area (Å²) in [6.45, 7) is 0.714. The van der Waals surface area contributed by atoms with Crippen LogP contribution < -0.4 is 10.1 Å². The summed E-state index contributed by atoms with van der Waals surface area (Å²) in [5.74, 6) is 0.0386. The van der Waals surface area contributed by atoms with Crippen molar-refractivity contribution in [3.63, 3.8) is 0 Å². The van der Waals surface area contributed by atoms with Crippen molar-refractivity contribution in [2.45, 2.75) is 19.0 Å². The van der Waals surface area contributed by atoms with Gasteiger partial charge in [0.1, 0.15) is 5.75 Å². The summed E-state index contributed by atoms with van der Waals surface area (Å²) in [5.41, 5.74) is -0.0397. The van der Waals surface area contributed by atoms with E-state index >= 15 is 0 Å². The Morgan fingerprint density at radius 2 is 1.79 bits per heavy atom. The number of carbonyl (C=O) groups excluding carboxylic acids is 2. The minimum atomic E-state index is -4.43. The third-order valence-electron chi connectivity index (χ3n) is 4.92. The van der Waals surface area contributed by atoms with Crippen LogP contribution in [0.25, 0.3) is 0 Å². The molecule has 1 unspecified atom stereocenters. The van der Waals surface area contributed by atoms with Gasteiger partial charge in [0.2, 0.25) is 0 Å². The van der Waals surface area contributed by atoms with Gasteiger partial charge in [0.05, 0.1) is 18.2 Å². The molecule has 1 aliphatic heterocycles. The van der Waals surface area contributed by atoms with Gasteiger partial charge >= 0.3 is 12.2 Å². The molecule has 0 bridgehead atoms. The van der Waals surface area contributed by atoms with Crippen LogP contribution in [-0.2, 0) is 6.18 Å². The van der Waals surface area contributed by atoms with Crippen molar-refractivity contribution in [2.24, 2.45) is 5.92 Å². The van der Waals surface area contributed by atoms with E-state index in [1.807, 2.05) is 0 Å². The van der Waals surface area contributed by atoms with Crippen LogP contribution in [0.1, 0.15) is 28.8 Å². The molecule has 5 nitrogen and oxygen atoms in total. The van der Waals surface area contributed by atoms with Crippen molar-refractivity contribution >= 4 is 17.5 Å². The third kappa shape index (κ3) is 4.88. The highest BCUT2D eigenvalue weighted by atomic mass is 19.4. The van der Waals surface area contributed by atoms with E-state index in [4.69, 9.17) is 4.74 Å². The Morgan fingerprint density at radius 1 is 1.10 bits per heavy atom. The van der Waals surface area contributed by atoms with Gasteiger partial charge in [-0.1, -0.05) is 12.1 Å². The van der Waals surface area contributed by atoms with Gasteiger partial charge in [-0.15, -0.1) is 0 Å². The second kappa shape index (κ2) is 8.55. The predicted octanol–water partition coefficient (Wildman–Crippen LogP) is 4.84. The Morgan fingerprint density at radius 3 is 2.45 bits per heavy atom. The Balaban J connectivity index is 1.65. The number of Topliss-reactive ketones (excluding diaryl/α,β-unsaturated/α-hetero) is 1. The van der Waals surface area contributed by atoms with Gasteiger partial charge in [-0.05, 0) is 49.2 Å². The van der Waals surface area contributed by atoms with E-state index in [9.17, 15) is 22.8 Å². The molecule has 29 heavy (non-hydrogen) atoms. The lowest BCUT2D eigenvalue weighted by molar-refractivity contribution is -0.137. The number of ether oxygens (including phenoxy) is 1. The van der Waals surface area contributed by atoms with Gasteiger partial charge in [-0.25, -0.2) is 4.79 Å². The first-order chi connectivity index (χ1) is 13.8. The lowest BCUT2D eigenvalue weighted by Gasteiger charge is -2.32. The smallest absolute Gasteiger partial charge is 0.416 e. The first kappa shape index (κ1) is 20.7. The van der Waals surface area contributed by atoms with Crippen LogP contribution in [0.5, 0.6) is 5.75 Å². The molecule has 1 saturated heterocycles. The summed E-state index contributed by atoms with van der Waals surface area (Å²) in [4.78, 5) is 26.9. The second-order valence-corrected chi connectivity index (χ2v) is 6.85. The minimum Gasteiger partial charge on any atom is -0.496 e. The van der Waals surface area contributed by atoms with Crippen LogP contribution in [0, 0.1) is 5.92 Å². The van der Waals surface area contributed by atoms with Crippen LogP contribution in [-0.4, -0.2) is 36.9 Å². The van der Waals surface area contributed by atoms with Crippen molar-refractivity contribution in [3.8, 4) is 5.75 Å². The number of anilines is 1. The number of hydrogen-bond acceptors (Lipinski definition) is 3. The largest absolute Gasteiger partial charge is 0.496 e. The number of benzene rings is 2. The molecule has 0 radical (unpaired) electrons. The molecule has 2 amide bonds. The molecule has 1 fully saturated rings. The average Bonchev–Trinajstić information content (AvgIpc) is 2.73. The highest BCUT2D eigenvalue weighted by molar-refractivity contribution is 6.01. The zero-order valence-corrected chi connectivity index (χ0v) is 15.8. The average molecular weight is 406 g/mol. The first-order valence-corrected chi connectivity index (χ1v) is 9.20. The number of alkyl halides is 3. The number of ketones is 1. The maximum Gasteiger partial charge on any atom is 0.416 e. The monoisotopic (exact) mass is 406 g/mol. The summed E-state index contributed by atoms with van der Waals surface area (Å²) in [7, 11) is 1.50. The predicted molar refractivity (Wildman–Crippen MR) is 102 cm³/mol. The molecule has 8 heteroatoms. The fraction of sp³-hybridized carbons (Fsp3) is 0.333. The van der Waals surface area contributed by atoms with Crippen LogP contribution in [0.2, 0.25) is 0 Å².